The van der Waals surface area contributed by atoms with Gasteiger partial charge in [-0.05, 0) is 61.0 Å². The quantitative estimate of drug-likeness (QED) is 0.728. The number of ether oxygens (including phenoxy) is 1. The van der Waals surface area contributed by atoms with Crippen molar-refractivity contribution in [2.75, 3.05) is 11.5 Å². The Bertz CT molecular complexity index is 965. The zero-order valence-corrected chi connectivity index (χ0v) is 16.3. The summed E-state index contributed by atoms with van der Waals surface area (Å²) < 4.78 is 5.34. The number of carboxylic acids is 1. The second kappa shape index (κ2) is 8.31. The predicted octanol–water partition coefficient (Wildman–Crippen LogP) is 4.40. The van der Waals surface area contributed by atoms with E-state index in [0.717, 1.165) is 28.5 Å². The highest BCUT2D eigenvalue weighted by atomic mass is 32.2. The van der Waals surface area contributed by atoms with Gasteiger partial charge in [-0.1, -0.05) is 29.8 Å². The second-order valence-corrected chi connectivity index (χ2v) is 7.36. The normalized spacial score (nSPS) is 15.4. The molecule has 0 unspecified atom stereocenters. The lowest BCUT2D eigenvalue weighted by Gasteiger charge is -2.15. The van der Waals surface area contributed by atoms with E-state index in [1.165, 1.54) is 4.90 Å². The van der Waals surface area contributed by atoms with Gasteiger partial charge in [0.25, 0.3) is 11.1 Å². The maximum atomic E-state index is 12.8. The Labute approximate surface area is 166 Å². The third-order valence-corrected chi connectivity index (χ3v) is 5.02. The van der Waals surface area contributed by atoms with Crippen molar-refractivity contribution in [3.63, 3.8) is 0 Å². The molecular formula is C21H19NO5S. The molecule has 0 aromatic heterocycles. The fraction of sp³-hybridized carbons (Fsp3) is 0.190. The van der Waals surface area contributed by atoms with Gasteiger partial charge in [0.15, 0.2) is 0 Å². The van der Waals surface area contributed by atoms with E-state index in [1.807, 2.05) is 26.0 Å². The molecule has 1 aliphatic rings. The topological polar surface area (TPSA) is 83.9 Å². The predicted molar refractivity (Wildman–Crippen MR) is 109 cm³/mol. The summed E-state index contributed by atoms with van der Waals surface area (Å²) in [4.78, 5) is 37.2. The number of imide groups is 1. The first-order valence-corrected chi connectivity index (χ1v) is 9.46. The molecule has 0 atom stereocenters. The van der Waals surface area contributed by atoms with Crippen molar-refractivity contribution in [1.82, 2.24) is 0 Å². The number of aliphatic carboxylic acids is 1. The molecule has 0 bridgehead atoms. The number of benzene rings is 2. The smallest absolute Gasteiger partial charge is 0.306 e. The minimum atomic E-state index is -0.920. The van der Waals surface area contributed by atoms with Gasteiger partial charge >= 0.3 is 5.97 Å². The first-order chi connectivity index (χ1) is 13.3. The molecule has 0 saturated carbocycles. The Morgan fingerprint density at radius 2 is 1.86 bits per heavy atom. The Morgan fingerprint density at radius 1 is 1.14 bits per heavy atom. The van der Waals surface area contributed by atoms with Crippen molar-refractivity contribution in [1.29, 1.82) is 0 Å². The van der Waals surface area contributed by atoms with Crippen LogP contribution in [0, 0.1) is 13.8 Å². The Morgan fingerprint density at radius 3 is 2.50 bits per heavy atom. The summed E-state index contributed by atoms with van der Waals surface area (Å²) in [5, 5.41) is 8.30. The van der Waals surface area contributed by atoms with Crippen molar-refractivity contribution in [3.05, 3.63) is 64.1 Å². The maximum Gasteiger partial charge on any atom is 0.306 e. The van der Waals surface area contributed by atoms with Crippen LogP contribution in [-0.2, 0) is 9.59 Å². The summed E-state index contributed by atoms with van der Waals surface area (Å²) in [5.41, 5.74) is 3.27. The van der Waals surface area contributed by atoms with Crippen molar-refractivity contribution in [3.8, 4) is 5.75 Å². The van der Waals surface area contributed by atoms with E-state index in [2.05, 4.69) is 0 Å². The molecule has 6 nitrogen and oxygen atoms in total. The number of carbonyl (C=O) groups is 3. The van der Waals surface area contributed by atoms with E-state index in [4.69, 9.17) is 9.84 Å². The van der Waals surface area contributed by atoms with E-state index < -0.39 is 5.97 Å². The van der Waals surface area contributed by atoms with Gasteiger partial charge < -0.3 is 9.84 Å². The van der Waals surface area contributed by atoms with Crippen LogP contribution in [0.15, 0.2) is 47.4 Å². The highest BCUT2D eigenvalue weighted by Crippen LogP contribution is 2.37. The lowest BCUT2D eigenvalue weighted by molar-refractivity contribution is -0.137. The lowest BCUT2D eigenvalue weighted by atomic mass is 10.1. The summed E-state index contributed by atoms with van der Waals surface area (Å²) in [7, 11) is 0. The number of hydrogen-bond donors (Lipinski definition) is 1. The van der Waals surface area contributed by atoms with Crippen molar-refractivity contribution in [2.24, 2.45) is 0 Å². The van der Waals surface area contributed by atoms with Crippen LogP contribution >= 0.6 is 11.8 Å². The van der Waals surface area contributed by atoms with E-state index in [0.29, 0.717) is 16.3 Å². The summed E-state index contributed by atoms with van der Waals surface area (Å²) in [5.74, 6) is -0.721. The summed E-state index contributed by atoms with van der Waals surface area (Å²) in [6, 6.07) is 12.5. The van der Waals surface area contributed by atoms with E-state index in [1.54, 1.807) is 36.4 Å². The van der Waals surface area contributed by atoms with Gasteiger partial charge in [-0.2, -0.15) is 0 Å². The van der Waals surface area contributed by atoms with Crippen molar-refractivity contribution >= 4 is 40.6 Å². The van der Waals surface area contributed by atoms with Gasteiger partial charge in [0.1, 0.15) is 5.75 Å². The molecular weight excluding hydrogens is 378 g/mol. The van der Waals surface area contributed by atoms with Crippen LogP contribution in [0.25, 0.3) is 6.08 Å². The van der Waals surface area contributed by atoms with Gasteiger partial charge in [-0.15, -0.1) is 0 Å². The first kappa shape index (κ1) is 19.7. The van der Waals surface area contributed by atoms with Gasteiger partial charge in [0, 0.05) is 0 Å². The van der Waals surface area contributed by atoms with E-state index in [-0.39, 0.29) is 24.2 Å². The number of carbonyl (C=O) groups excluding carboxylic acids is 2. The summed E-state index contributed by atoms with van der Waals surface area (Å²) in [6.45, 7) is 3.92. The maximum absolute atomic E-state index is 12.8. The lowest BCUT2D eigenvalue weighted by Crippen LogP contribution is -2.28. The molecule has 2 aromatic rings. The number of carboxylic acid groups (broad SMARTS) is 1. The Kier molecular flexibility index (Phi) is 5.84. The molecule has 1 N–H and O–H groups in total. The molecule has 0 aliphatic carbocycles. The molecule has 28 heavy (non-hydrogen) atoms. The Balaban J connectivity index is 1.75. The zero-order chi connectivity index (χ0) is 20.3. The van der Waals surface area contributed by atoms with Crippen LogP contribution in [0.5, 0.6) is 5.75 Å². The number of hydrogen-bond acceptors (Lipinski definition) is 5. The van der Waals surface area contributed by atoms with Gasteiger partial charge in [0.2, 0.25) is 0 Å². The van der Waals surface area contributed by atoms with E-state index in [9.17, 15) is 14.4 Å². The minimum Gasteiger partial charge on any atom is -0.493 e. The minimum absolute atomic E-state index is 0.0761. The number of thioether (sulfide) groups is 1. The molecule has 144 valence electrons. The third-order valence-electron chi connectivity index (χ3n) is 4.15. The van der Waals surface area contributed by atoms with Crippen LogP contribution in [0.4, 0.5) is 10.5 Å². The van der Waals surface area contributed by atoms with Crippen LogP contribution < -0.4 is 9.64 Å². The molecule has 1 aliphatic heterocycles. The first-order valence-electron chi connectivity index (χ1n) is 8.65. The molecule has 1 fully saturated rings. The molecule has 2 amide bonds. The molecule has 7 heteroatoms. The third kappa shape index (κ3) is 4.43. The number of amides is 2. The monoisotopic (exact) mass is 397 g/mol. The second-order valence-electron chi connectivity index (χ2n) is 6.37. The van der Waals surface area contributed by atoms with Gasteiger partial charge in [-0.25, -0.2) is 4.90 Å². The standard InChI is InChI=1S/C21H19NO5S/c1-13-3-8-17(14(2)11-13)22-20(25)18(28-21(22)26)12-15-4-6-16(7-5-15)27-10-9-19(23)24/h3-8,11-12H,9-10H2,1-2H3,(H,23,24)/b18-12+. The number of anilines is 1. The average Bonchev–Trinajstić information content (AvgIpc) is 2.90. The molecule has 3 rings (SSSR count). The molecule has 1 heterocycles. The van der Waals surface area contributed by atoms with Crippen LogP contribution in [0.2, 0.25) is 0 Å². The number of nitrogens with zero attached hydrogens (tertiary/aromatic N) is 1. The van der Waals surface area contributed by atoms with Crippen LogP contribution in [0.1, 0.15) is 23.1 Å². The van der Waals surface area contributed by atoms with Gasteiger partial charge in [0.05, 0.1) is 23.6 Å². The highest BCUT2D eigenvalue weighted by molar-refractivity contribution is 8.19. The SMILES string of the molecule is Cc1ccc(N2C(=O)S/C(=C/c3ccc(OCCC(=O)O)cc3)C2=O)c(C)c1. The van der Waals surface area contributed by atoms with Crippen LogP contribution in [-0.4, -0.2) is 28.8 Å². The fourth-order valence-electron chi connectivity index (χ4n) is 2.80. The Hall–Kier alpha value is -3.06. The highest BCUT2D eigenvalue weighted by Gasteiger charge is 2.36. The van der Waals surface area contributed by atoms with Crippen LogP contribution in [0.3, 0.4) is 0 Å². The number of aryl methyl sites for hydroxylation is 2. The zero-order valence-electron chi connectivity index (χ0n) is 15.5. The molecule has 2 aromatic carbocycles. The average molecular weight is 397 g/mol. The van der Waals surface area contributed by atoms with Crippen molar-refractivity contribution < 1.29 is 24.2 Å². The molecule has 0 spiro atoms. The fourth-order valence-corrected chi connectivity index (χ4v) is 3.63. The van der Waals surface area contributed by atoms with E-state index >= 15 is 0 Å². The summed E-state index contributed by atoms with van der Waals surface area (Å²) >= 11 is 0.908. The molecule has 0 radical (unpaired) electrons. The molecule has 1 saturated heterocycles. The van der Waals surface area contributed by atoms with Gasteiger partial charge in [-0.3, -0.25) is 14.4 Å². The summed E-state index contributed by atoms with van der Waals surface area (Å²) in [6.07, 6.45) is 1.59. The number of rotatable bonds is 6. The largest absolute Gasteiger partial charge is 0.493 e. The van der Waals surface area contributed by atoms with Crippen molar-refractivity contribution in [2.45, 2.75) is 20.3 Å².